The molecule has 2 aliphatic carbocycles. The molecule has 2 heterocycles. The van der Waals surface area contributed by atoms with Gasteiger partial charge in [0, 0.05) is 25.6 Å². The Labute approximate surface area is 123 Å². The third kappa shape index (κ3) is 2.30. The van der Waals surface area contributed by atoms with E-state index in [2.05, 4.69) is 19.0 Å². The van der Waals surface area contributed by atoms with Crippen molar-refractivity contribution in [2.24, 2.45) is 17.3 Å². The number of carbonyl (C=O) groups excluding carboxylic acids is 1. The molecule has 20 heavy (non-hydrogen) atoms. The average molecular weight is 292 g/mol. The van der Waals surface area contributed by atoms with E-state index in [9.17, 15) is 4.79 Å². The third-order valence-electron chi connectivity index (χ3n) is 5.25. The number of nitrogens with one attached hydrogen (secondary N) is 1. The monoisotopic (exact) mass is 292 g/mol. The van der Waals surface area contributed by atoms with E-state index in [0.717, 1.165) is 44.7 Å². The van der Waals surface area contributed by atoms with Gasteiger partial charge in [-0.1, -0.05) is 0 Å². The number of aromatic nitrogens is 2. The minimum Gasteiger partial charge on any atom is -0.356 e. The van der Waals surface area contributed by atoms with E-state index >= 15 is 0 Å². The molecule has 1 N–H and O–H groups in total. The molecule has 1 atom stereocenters. The van der Waals surface area contributed by atoms with Crippen LogP contribution in [0.5, 0.6) is 0 Å². The van der Waals surface area contributed by atoms with E-state index in [0.29, 0.717) is 23.2 Å². The van der Waals surface area contributed by atoms with Crippen LogP contribution in [0, 0.1) is 17.3 Å². The first-order chi connectivity index (χ1) is 9.77. The quantitative estimate of drug-likeness (QED) is 0.917. The van der Waals surface area contributed by atoms with Crippen molar-refractivity contribution in [1.29, 1.82) is 0 Å². The van der Waals surface area contributed by atoms with Gasteiger partial charge in [-0.05, 0) is 43.4 Å². The molecule has 0 bridgehead atoms. The maximum atomic E-state index is 12.0. The number of carbonyl (C=O) groups is 1. The highest BCUT2D eigenvalue weighted by Gasteiger charge is 2.65. The van der Waals surface area contributed by atoms with Crippen molar-refractivity contribution in [3.8, 4) is 0 Å². The van der Waals surface area contributed by atoms with E-state index in [1.165, 1.54) is 24.6 Å². The van der Waals surface area contributed by atoms with Crippen LogP contribution in [0.25, 0.3) is 0 Å². The van der Waals surface area contributed by atoms with E-state index in [-0.39, 0.29) is 0 Å². The van der Waals surface area contributed by atoms with Gasteiger partial charge in [-0.3, -0.25) is 4.79 Å². The summed E-state index contributed by atoms with van der Waals surface area (Å²) in [7, 11) is 0. The molecule has 1 aromatic rings. The van der Waals surface area contributed by atoms with Gasteiger partial charge in [0.25, 0.3) is 0 Å². The molecular formula is C14H20N4OS. The summed E-state index contributed by atoms with van der Waals surface area (Å²) in [4.78, 5) is 14.3. The Morgan fingerprint density at radius 1 is 1.45 bits per heavy atom. The summed E-state index contributed by atoms with van der Waals surface area (Å²) in [5, 5.41) is 3.18. The van der Waals surface area contributed by atoms with Crippen molar-refractivity contribution in [2.45, 2.75) is 32.1 Å². The smallest absolute Gasteiger partial charge is 0.223 e. The second-order valence-corrected chi connectivity index (χ2v) is 7.12. The first-order valence-corrected chi connectivity index (χ1v) is 8.30. The number of amides is 1. The fourth-order valence-corrected chi connectivity index (χ4v) is 3.90. The van der Waals surface area contributed by atoms with Crippen LogP contribution in [0.2, 0.25) is 0 Å². The SMILES string of the molecule is O=C(NCC1CCN(c2cnsn2)CC1)C1CC12CC2. The summed E-state index contributed by atoms with van der Waals surface area (Å²) in [5.74, 6) is 2.29. The van der Waals surface area contributed by atoms with Crippen molar-refractivity contribution in [2.75, 3.05) is 24.5 Å². The van der Waals surface area contributed by atoms with Gasteiger partial charge in [-0.25, -0.2) is 0 Å². The fraction of sp³-hybridized carbons (Fsp3) is 0.786. The second kappa shape index (κ2) is 4.69. The minimum atomic E-state index is 0.314. The average Bonchev–Trinajstić information content (AvgIpc) is 3.35. The molecule has 1 saturated heterocycles. The Morgan fingerprint density at radius 2 is 2.25 bits per heavy atom. The molecule has 1 amide bonds. The zero-order valence-electron chi connectivity index (χ0n) is 11.5. The molecule has 3 fully saturated rings. The number of anilines is 1. The van der Waals surface area contributed by atoms with E-state index in [1.54, 1.807) is 0 Å². The highest BCUT2D eigenvalue weighted by Crippen LogP contribution is 2.70. The highest BCUT2D eigenvalue weighted by molar-refractivity contribution is 6.99. The van der Waals surface area contributed by atoms with E-state index in [1.807, 2.05) is 6.20 Å². The molecule has 1 aliphatic heterocycles. The molecule has 1 aromatic heterocycles. The summed E-state index contributed by atoms with van der Waals surface area (Å²) in [6, 6.07) is 0. The van der Waals surface area contributed by atoms with Gasteiger partial charge in [-0.2, -0.15) is 8.75 Å². The predicted molar refractivity (Wildman–Crippen MR) is 77.6 cm³/mol. The van der Waals surface area contributed by atoms with Crippen molar-refractivity contribution < 1.29 is 4.79 Å². The molecule has 2 saturated carbocycles. The van der Waals surface area contributed by atoms with Crippen LogP contribution in [-0.4, -0.2) is 34.3 Å². The molecule has 1 unspecified atom stereocenters. The maximum absolute atomic E-state index is 12.0. The predicted octanol–water partition coefficient (Wildman–Crippen LogP) is 1.67. The highest BCUT2D eigenvalue weighted by atomic mass is 32.1. The second-order valence-electron chi connectivity index (χ2n) is 6.56. The number of piperidine rings is 1. The lowest BCUT2D eigenvalue weighted by Gasteiger charge is -2.31. The largest absolute Gasteiger partial charge is 0.356 e. The molecule has 6 heteroatoms. The zero-order chi connectivity index (χ0) is 13.6. The molecule has 4 rings (SSSR count). The summed E-state index contributed by atoms with van der Waals surface area (Å²) in [6.07, 6.45) is 7.82. The molecule has 1 spiro atoms. The number of nitrogens with zero attached hydrogens (tertiary/aromatic N) is 3. The van der Waals surface area contributed by atoms with Crippen LogP contribution < -0.4 is 10.2 Å². The summed E-state index contributed by atoms with van der Waals surface area (Å²) in [6.45, 7) is 2.91. The Hall–Kier alpha value is -1.17. The summed E-state index contributed by atoms with van der Waals surface area (Å²) < 4.78 is 8.33. The van der Waals surface area contributed by atoms with Gasteiger partial charge in [0.05, 0.1) is 17.9 Å². The number of rotatable bonds is 4. The van der Waals surface area contributed by atoms with Crippen LogP contribution in [0.3, 0.4) is 0 Å². The minimum absolute atomic E-state index is 0.314. The van der Waals surface area contributed by atoms with Gasteiger partial charge in [0.2, 0.25) is 5.91 Å². The lowest BCUT2D eigenvalue weighted by Crippen LogP contribution is -2.39. The first kappa shape index (κ1) is 12.6. The van der Waals surface area contributed by atoms with Crippen molar-refractivity contribution in [3.05, 3.63) is 6.20 Å². The van der Waals surface area contributed by atoms with Gasteiger partial charge in [0.1, 0.15) is 0 Å². The maximum Gasteiger partial charge on any atom is 0.223 e. The van der Waals surface area contributed by atoms with Gasteiger partial charge < -0.3 is 10.2 Å². The van der Waals surface area contributed by atoms with Crippen molar-refractivity contribution >= 4 is 23.5 Å². The lowest BCUT2D eigenvalue weighted by molar-refractivity contribution is -0.122. The van der Waals surface area contributed by atoms with Crippen molar-refractivity contribution in [3.63, 3.8) is 0 Å². The number of hydrogen-bond acceptors (Lipinski definition) is 5. The van der Waals surface area contributed by atoms with Crippen LogP contribution in [0.15, 0.2) is 6.20 Å². The standard InChI is InChI=1S/C14H20N4OS/c19-13(11-7-14(11)3-4-14)15-8-10-1-5-18(6-2-10)12-9-16-20-17-12/h9-11H,1-8H2,(H,15,19). The molecule has 5 nitrogen and oxygen atoms in total. The molecule has 0 radical (unpaired) electrons. The van der Waals surface area contributed by atoms with Gasteiger partial charge >= 0.3 is 0 Å². The molecule has 0 aromatic carbocycles. The molecule has 108 valence electrons. The van der Waals surface area contributed by atoms with Gasteiger partial charge in [-0.15, -0.1) is 0 Å². The Balaban J connectivity index is 1.21. The summed E-state index contributed by atoms with van der Waals surface area (Å²) in [5.41, 5.74) is 0.477. The van der Waals surface area contributed by atoms with E-state index in [4.69, 9.17) is 0 Å². The van der Waals surface area contributed by atoms with Crippen molar-refractivity contribution in [1.82, 2.24) is 14.1 Å². The zero-order valence-corrected chi connectivity index (χ0v) is 12.4. The van der Waals surface area contributed by atoms with Crippen LogP contribution in [0.4, 0.5) is 5.82 Å². The lowest BCUT2D eigenvalue weighted by atomic mass is 9.97. The third-order valence-corrected chi connectivity index (χ3v) is 5.72. The van der Waals surface area contributed by atoms with Crippen LogP contribution in [-0.2, 0) is 4.79 Å². The fourth-order valence-electron chi connectivity index (χ4n) is 3.46. The Bertz CT molecular complexity index is 491. The van der Waals surface area contributed by atoms with Gasteiger partial charge in [0.15, 0.2) is 5.82 Å². The Morgan fingerprint density at radius 3 is 2.85 bits per heavy atom. The van der Waals surface area contributed by atoms with Crippen LogP contribution in [0.1, 0.15) is 32.1 Å². The normalized spacial score (nSPS) is 27.6. The Kier molecular flexibility index (Phi) is 2.94. The summed E-state index contributed by atoms with van der Waals surface area (Å²) >= 11 is 1.27. The molecular weight excluding hydrogens is 272 g/mol. The number of hydrogen-bond donors (Lipinski definition) is 1. The first-order valence-electron chi connectivity index (χ1n) is 7.57. The topological polar surface area (TPSA) is 58.1 Å². The van der Waals surface area contributed by atoms with Crippen LogP contribution >= 0.6 is 11.7 Å². The molecule has 3 aliphatic rings. The van der Waals surface area contributed by atoms with E-state index < -0.39 is 0 Å².